The van der Waals surface area contributed by atoms with Gasteiger partial charge in [0.2, 0.25) is 0 Å². The fourth-order valence-corrected chi connectivity index (χ4v) is 1.35. The lowest BCUT2D eigenvalue weighted by Crippen LogP contribution is -1.87. The lowest BCUT2D eigenvalue weighted by Gasteiger charge is -1.96. The minimum Gasteiger partial charge on any atom is -0.478 e. The van der Waals surface area contributed by atoms with Gasteiger partial charge in [-0.2, -0.15) is 4.98 Å². The molecule has 0 saturated heterocycles. The lowest BCUT2D eigenvalue weighted by molar-refractivity contribution is 0.340. The number of methoxy groups -OCH3 is 2. The van der Waals surface area contributed by atoms with Gasteiger partial charge >= 0.3 is 0 Å². The van der Waals surface area contributed by atoms with Crippen LogP contribution < -0.4 is 9.47 Å². The van der Waals surface area contributed by atoms with Crippen molar-refractivity contribution < 1.29 is 9.47 Å². The van der Waals surface area contributed by atoms with Crippen molar-refractivity contribution >= 4 is 0 Å². The number of imidazole rings is 1. The second kappa shape index (κ2) is 4.04. The zero-order valence-corrected chi connectivity index (χ0v) is 8.65. The standard InChI is InChI=1S/C11H12N2O2/c1-14-10-11(15-2)13-9(12-10)8-6-4-3-5-7-8/h3-7H,1-2H3,(H,12,13). The fourth-order valence-electron chi connectivity index (χ4n) is 1.35. The van der Waals surface area contributed by atoms with Crippen LogP contribution in [0.5, 0.6) is 11.8 Å². The number of nitrogens with one attached hydrogen (secondary N) is 1. The molecule has 1 N–H and O–H groups in total. The van der Waals surface area contributed by atoms with E-state index < -0.39 is 0 Å². The third-order valence-corrected chi connectivity index (χ3v) is 2.08. The number of aromatic amines is 1. The van der Waals surface area contributed by atoms with Crippen LogP contribution in [0.3, 0.4) is 0 Å². The summed E-state index contributed by atoms with van der Waals surface area (Å²) in [6.07, 6.45) is 0. The molecular weight excluding hydrogens is 192 g/mol. The van der Waals surface area contributed by atoms with E-state index in [-0.39, 0.29) is 0 Å². The van der Waals surface area contributed by atoms with Gasteiger partial charge in [-0.1, -0.05) is 30.3 Å². The molecule has 0 aliphatic rings. The highest BCUT2D eigenvalue weighted by Crippen LogP contribution is 2.27. The maximum atomic E-state index is 5.10. The molecule has 78 valence electrons. The zero-order chi connectivity index (χ0) is 10.7. The van der Waals surface area contributed by atoms with Gasteiger partial charge < -0.3 is 14.5 Å². The Kier molecular flexibility index (Phi) is 2.58. The van der Waals surface area contributed by atoms with Crippen LogP contribution in [-0.4, -0.2) is 24.2 Å². The van der Waals surface area contributed by atoms with Crippen molar-refractivity contribution in [3.63, 3.8) is 0 Å². The minimum absolute atomic E-state index is 0.469. The first kappa shape index (κ1) is 9.58. The molecule has 0 spiro atoms. The third kappa shape index (κ3) is 1.79. The van der Waals surface area contributed by atoms with Gasteiger partial charge in [-0.05, 0) is 0 Å². The quantitative estimate of drug-likeness (QED) is 0.832. The summed E-state index contributed by atoms with van der Waals surface area (Å²) in [5.41, 5.74) is 0.999. The van der Waals surface area contributed by atoms with Crippen LogP contribution >= 0.6 is 0 Å². The van der Waals surface area contributed by atoms with Gasteiger partial charge in [-0.3, -0.25) is 0 Å². The van der Waals surface area contributed by atoms with Crippen molar-refractivity contribution in [3.8, 4) is 23.1 Å². The fraction of sp³-hybridized carbons (Fsp3) is 0.182. The largest absolute Gasteiger partial charge is 0.478 e. The Morgan fingerprint density at radius 2 is 1.80 bits per heavy atom. The zero-order valence-electron chi connectivity index (χ0n) is 8.65. The lowest BCUT2D eigenvalue weighted by atomic mass is 10.2. The summed E-state index contributed by atoms with van der Waals surface area (Å²) in [6, 6.07) is 9.81. The highest BCUT2D eigenvalue weighted by atomic mass is 16.5. The van der Waals surface area contributed by atoms with Gasteiger partial charge in [0.05, 0.1) is 14.2 Å². The van der Waals surface area contributed by atoms with E-state index in [0.717, 1.165) is 11.4 Å². The summed E-state index contributed by atoms with van der Waals surface area (Å²) >= 11 is 0. The van der Waals surface area contributed by atoms with Crippen molar-refractivity contribution in [2.45, 2.75) is 0 Å². The number of nitrogens with zero attached hydrogens (tertiary/aromatic N) is 1. The molecule has 1 aromatic heterocycles. The van der Waals surface area contributed by atoms with Crippen molar-refractivity contribution in [3.05, 3.63) is 30.3 Å². The maximum Gasteiger partial charge on any atom is 0.277 e. The summed E-state index contributed by atoms with van der Waals surface area (Å²) in [5.74, 6) is 1.75. The highest BCUT2D eigenvalue weighted by molar-refractivity contribution is 5.57. The summed E-state index contributed by atoms with van der Waals surface area (Å²) < 4.78 is 10.2. The van der Waals surface area contributed by atoms with Crippen LogP contribution in [0.15, 0.2) is 30.3 Å². The first-order chi connectivity index (χ1) is 7.35. The Balaban J connectivity index is 2.42. The molecule has 0 bridgehead atoms. The van der Waals surface area contributed by atoms with Crippen molar-refractivity contribution in [1.29, 1.82) is 0 Å². The van der Waals surface area contributed by atoms with Gasteiger partial charge in [-0.25, -0.2) is 0 Å². The van der Waals surface area contributed by atoms with E-state index in [0.29, 0.717) is 11.8 Å². The number of hydrogen-bond donors (Lipinski definition) is 1. The number of ether oxygens (including phenoxy) is 2. The minimum atomic E-state index is 0.469. The van der Waals surface area contributed by atoms with E-state index in [2.05, 4.69) is 9.97 Å². The molecule has 0 radical (unpaired) electrons. The van der Waals surface area contributed by atoms with Gasteiger partial charge in [0.25, 0.3) is 11.8 Å². The SMILES string of the molecule is COc1nc(-c2ccccc2)[nH]c1OC. The molecule has 4 heteroatoms. The van der Waals surface area contributed by atoms with Crippen LogP contribution in [0.2, 0.25) is 0 Å². The van der Waals surface area contributed by atoms with Crippen LogP contribution in [0.25, 0.3) is 11.4 Å². The molecule has 0 atom stereocenters. The predicted molar refractivity (Wildman–Crippen MR) is 57.1 cm³/mol. The third-order valence-electron chi connectivity index (χ3n) is 2.08. The molecule has 2 rings (SSSR count). The molecular formula is C11H12N2O2. The summed E-state index contributed by atoms with van der Waals surface area (Å²) in [6.45, 7) is 0. The summed E-state index contributed by atoms with van der Waals surface area (Å²) in [5, 5.41) is 0. The Morgan fingerprint density at radius 3 is 2.33 bits per heavy atom. The number of benzene rings is 1. The van der Waals surface area contributed by atoms with E-state index in [1.165, 1.54) is 0 Å². The second-order valence-electron chi connectivity index (χ2n) is 2.99. The van der Waals surface area contributed by atoms with Crippen LogP contribution in [-0.2, 0) is 0 Å². The van der Waals surface area contributed by atoms with E-state index in [9.17, 15) is 0 Å². The Hall–Kier alpha value is -1.97. The first-order valence-corrected chi connectivity index (χ1v) is 4.58. The predicted octanol–water partition coefficient (Wildman–Crippen LogP) is 2.09. The average Bonchev–Trinajstić information content (AvgIpc) is 2.73. The monoisotopic (exact) mass is 204 g/mol. The van der Waals surface area contributed by atoms with Gasteiger partial charge in [-0.15, -0.1) is 0 Å². The number of rotatable bonds is 3. The molecule has 0 amide bonds. The van der Waals surface area contributed by atoms with Crippen molar-refractivity contribution in [2.24, 2.45) is 0 Å². The molecule has 0 saturated carbocycles. The molecule has 0 fully saturated rings. The molecule has 0 aliphatic carbocycles. The highest BCUT2D eigenvalue weighted by Gasteiger charge is 2.11. The molecule has 1 aromatic carbocycles. The number of H-pyrrole nitrogens is 1. The summed E-state index contributed by atoms with van der Waals surface area (Å²) in [4.78, 5) is 7.31. The van der Waals surface area contributed by atoms with E-state index in [4.69, 9.17) is 9.47 Å². The summed E-state index contributed by atoms with van der Waals surface area (Å²) in [7, 11) is 3.14. The van der Waals surface area contributed by atoms with E-state index in [1.54, 1.807) is 14.2 Å². The molecule has 2 aromatic rings. The topological polar surface area (TPSA) is 47.1 Å². The normalized spacial score (nSPS) is 10.0. The van der Waals surface area contributed by atoms with Crippen LogP contribution in [0.1, 0.15) is 0 Å². The Morgan fingerprint density at radius 1 is 1.07 bits per heavy atom. The molecule has 0 unspecified atom stereocenters. The number of aromatic nitrogens is 2. The second-order valence-corrected chi connectivity index (χ2v) is 2.99. The van der Waals surface area contributed by atoms with E-state index in [1.807, 2.05) is 30.3 Å². The maximum absolute atomic E-state index is 5.10. The van der Waals surface area contributed by atoms with Gasteiger partial charge in [0, 0.05) is 5.56 Å². The van der Waals surface area contributed by atoms with Crippen LogP contribution in [0, 0.1) is 0 Å². The Labute approximate surface area is 87.9 Å². The molecule has 0 aliphatic heterocycles. The Bertz CT molecular complexity index is 416. The van der Waals surface area contributed by atoms with Crippen LogP contribution in [0.4, 0.5) is 0 Å². The molecule has 1 heterocycles. The molecule has 15 heavy (non-hydrogen) atoms. The van der Waals surface area contributed by atoms with Gasteiger partial charge in [0.1, 0.15) is 5.82 Å². The number of hydrogen-bond acceptors (Lipinski definition) is 3. The first-order valence-electron chi connectivity index (χ1n) is 4.58. The van der Waals surface area contributed by atoms with E-state index >= 15 is 0 Å². The van der Waals surface area contributed by atoms with Crippen molar-refractivity contribution in [2.75, 3.05) is 14.2 Å². The molecule has 4 nitrogen and oxygen atoms in total. The average molecular weight is 204 g/mol. The smallest absolute Gasteiger partial charge is 0.277 e. The van der Waals surface area contributed by atoms with Crippen molar-refractivity contribution in [1.82, 2.24) is 9.97 Å². The van der Waals surface area contributed by atoms with Gasteiger partial charge in [0.15, 0.2) is 0 Å².